The van der Waals surface area contributed by atoms with Crippen LogP contribution >= 0.6 is 0 Å². The molecule has 7 nitrogen and oxygen atoms in total. The molecule has 0 aliphatic rings. The largest absolute Gasteiger partial charge is 0.419 e. The average Bonchev–Trinajstić information content (AvgIpc) is 3.13. The van der Waals surface area contributed by atoms with Gasteiger partial charge >= 0.3 is 5.76 Å². The maximum Gasteiger partial charge on any atom is 0.419 e. The van der Waals surface area contributed by atoms with Crippen molar-refractivity contribution in [2.24, 2.45) is 7.05 Å². The van der Waals surface area contributed by atoms with E-state index in [2.05, 4.69) is 16.5 Å². The summed E-state index contributed by atoms with van der Waals surface area (Å²) in [5, 5.41) is 7.41. The minimum absolute atomic E-state index is 0.265. The van der Waals surface area contributed by atoms with Gasteiger partial charge in [-0.3, -0.25) is 9.36 Å². The lowest BCUT2D eigenvalue weighted by Crippen LogP contribution is -2.15. The van der Waals surface area contributed by atoms with Gasteiger partial charge in [0.05, 0.1) is 22.5 Å². The van der Waals surface area contributed by atoms with Crippen molar-refractivity contribution in [1.29, 1.82) is 0 Å². The van der Waals surface area contributed by atoms with Crippen LogP contribution in [0.2, 0.25) is 0 Å². The molecule has 0 saturated heterocycles. The number of benzene rings is 2. The van der Waals surface area contributed by atoms with Crippen molar-refractivity contribution in [2.45, 2.75) is 20.8 Å². The number of oxazole rings is 1. The number of aromatic nitrogens is 3. The minimum Gasteiger partial charge on any atom is -0.407 e. The Morgan fingerprint density at radius 1 is 1.07 bits per heavy atom. The fourth-order valence-electron chi connectivity index (χ4n) is 3.37. The third-order valence-corrected chi connectivity index (χ3v) is 4.59. The number of hydrogen-bond acceptors (Lipinski definition) is 4. The van der Waals surface area contributed by atoms with Gasteiger partial charge in [0.25, 0.3) is 5.91 Å². The van der Waals surface area contributed by atoms with Crippen LogP contribution in [0.1, 0.15) is 27.2 Å². The second-order valence-corrected chi connectivity index (χ2v) is 6.96. The summed E-state index contributed by atoms with van der Waals surface area (Å²) in [6.45, 7) is 5.90. The second-order valence-electron chi connectivity index (χ2n) is 6.96. The molecule has 0 fully saturated rings. The van der Waals surface area contributed by atoms with Crippen molar-refractivity contribution in [3.05, 3.63) is 75.4 Å². The Labute approximate surface area is 161 Å². The van der Waals surface area contributed by atoms with E-state index in [1.807, 2.05) is 32.9 Å². The second kappa shape index (κ2) is 6.53. The van der Waals surface area contributed by atoms with Crippen molar-refractivity contribution < 1.29 is 9.21 Å². The van der Waals surface area contributed by atoms with E-state index in [-0.39, 0.29) is 11.5 Å². The molecule has 0 unspecified atom stereocenters. The molecule has 1 amide bonds. The molecule has 0 saturated carbocycles. The summed E-state index contributed by atoms with van der Waals surface area (Å²) in [5.74, 6) is -0.334. The molecule has 0 aliphatic heterocycles. The highest BCUT2D eigenvalue weighted by molar-refractivity contribution is 6.10. The topological polar surface area (TPSA) is 82.1 Å². The van der Waals surface area contributed by atoms with Gasteiger partial charge in [0.1, 0.15) is 5.82 Å². The molecule has 0 radical (unpaired) electrons. The van der Waals surface area contributed by atoms with E-state index in [0.717, 1.165) is 22.5 Å². The standard InChI is InChI=1S/C21H20N4O3/c1-12-8-13(2)10-15(9-12)25-18(11-14(3)23-25)22-20(26)16-6-5-7-17-19(16)28-21(27)24(17)4/h5-11H,1-4H3,(H,22,26). The normalized spacial score (nSPS) is 11.1. The van der Waals surface area contributed by atoms with Gasteiger partial charge in [-0.05, 0) is 56.2 Å². The zero-order valence-electron chi connectivity index (χ0n) is 16.1. The molecule has 7 heteroatoms. The number of anilines is 1. The van der Waals surface area contributed by atoms with Gasteiger partial charge in [0.2, 0.25) is 0 Å². The van der Waals surface area contributed by atoms with Gasteiger partial charge in [-0.25, -0.2) is 9.48 Å². The maximum atomic E-state index is 13.0. The lowest BCUT2D eigenvalue weighted by Gasteiger charge is -2.11. The first kappa shape index (κ1) is 17.8. The molecule has 1 N–H and O–H groups in total. The first-order valence-corrected chi connectivity index (χ1v) is 8.89. The number of carbonyl (C=O) groups excluding carboxylic acids is 1. The lowest BCUT2D eigenvalue weighted by atomic mass is 10.1. The molecule has 2 aromatic heterocycles. The zero-order chi connectivity index (χ0) is 20.0. The number of nitrogens with zero attached hydrogens (tertiary/aromatic N) is 3. The highest BCUT2D eigenvalue weighted by atomic mass is 16.4. The van der Waals surface area contributed by atoms with Crippen molar-refractivity contribution in [3.63, 3.8) is 0 Å². The highest BCUT2D eigenvalue weighted by Gasteiger charge is 2.18. The third-order valence-electron chi connectivity index (χ3n) is 4.59. The number of nitrogens with one attached hydrogen (secondary N) is 1. The number of carbonyl (C=O) groups is 1. The maximum absolute atomic E-state index is 13.0. The van der Waals surface area contributed by atoms with Gasteiger partial charge in [0.15, 0.2) is 5.58 Å². The Hall–Kier alpha value is -3.61. The summed E-state index contributed by atoms with van der Waals surface area (Å²) in [7, 11) is 1.61. The first-order valence-electron chi connectivity index (χ1n) is 8.89. The lowest BCUT2D eigenvalue weighted by molar-refractivity contribution is 0.102. The van der Waals surface area contributed by atoms with E-state index in [4.69, 9.17) is 4.42 Å². The summed E-state index contributed by atoms with van der Waals surface area (Å²) in [6.07, 6.45) is 0. The van der Waals surface area contributed by atoms with E-state index in [0.29, 0.717) is 16.9 Å². The molecular formula is C21H20N4O3. The van der Waals surface area contributed by atoms with E-state index in [1.165, 1.54) is 4.57 Å². The summed E-state index contributed by atoms with van der Waals surface area (Å²) in [5.41, 5.74) is 4.98. The summed E-state index contributed by atoms with van der Waals surface area (Å²) in [4.78, 5) is 24.8. The first-order chi connectivity index (χ1) is 13.3. The average molecular weight is 376 g/mol. The monoisotopic (exact) mass is 376 g/mol. The number of aryl methyl sites for hydroxylation is 4. The van der Waals surface area contributed by atoms with Crippen molar-refractivity contribution in [1.82, 2.24) is 14.3 Å². The van der Waals surface area contributed by atoms with Crippen LogP contribution in [-0.2, 0) is 7.05 Å². The van der Waals surface area contributed by atoms with Crippen LogP contribution in [0.4, 0.5) is 5.82 Å². The van der Waals surface area contributed by atoms with E-state index in [9.17, 15) is 9.59 Å². The Bertz CT molecular complexity index is 1260. The van der Waals surface area contributed by atoms with Crippen LogP contribution in [0.3, 0.4) is 0 Å². The molecule has 2 aromatic carbocycles. The fourth-order valence-corrected chi connectivity index (χ4v) is 3.37. The van der Waals surface area contributed by atoms with Crippen LogP contribution in [0.15, 0.2) is 51.7 Å². The smallest absolute Gasteiger partial charge is 0.407 e. The van der Waals surface area contributed by atoms with Gasteiger partial charge < -0.3 is 9.73 Å². The number of fused-ring (bicyclic) bond motifs is 1. The highest BCUT2D eigenvalue weighted by Crippen LogP contribution is 2.22. The van der Waals surface area contributed by atoms with Crippen LogP contribution in [-0.4, -0.2) is 20.3 Å². The van der Waals surface area contributed by atoms with Crippen LogP contribution in [0.25, 0.3) is 16.8 Å². The number of amides is 1. The number of hydrogen-bond donors (Lipinski definition) is 1. The Balaban J connectivity index is 1.76. The Morgan fingerprint density at radius 2 is 1.79 bits per heavy atom. The fraction of sp³-hybridized carbons (Fsp3) is 0.190. The molecule has 0 bridgehead atoms. The van der Waals surface area contributed by atoms with Gasteiger partial charge in [-0.2, -0.15) is 5.10 Å². The van der Waals surface area contributed by atoms with E-state index < -0.39 is 5.76 Å². The van der Waals surface area contributed by atoms with Crippen LogP contribution in [0.5, 0.6) is 0 Å². The van der Waals surface area contributed by atoms with Gasteiger partial charge in [-0.1, -0.05) is 12.1 Å². The molecule has 142 valence electrons. The predicted molar refractivity (Wildman–Crippen MR) is 107 cm³/mol. The summed E-state index contributed by atoms with van der Waals surface area (Å²) in [6, 6.07) is 13.0. The quantitative estimate of drug-likeness (QED) is 0.593. The van der Waals surface area contributed by atoms with Gasteiger partial charge in [0, 0.05) is 13.1 Å². The minimum atomic E-state index is -0.508. The molecular weight excluding hydrogens is 356 g/mol. The van der Waals surface area contributed by atoms with Crippen LogP contribution < -0.4 is 11.1 Å². The van der Waals surface area contributed by atoms with Crippen molar-refractivity contribution in [2.75, 3.05) is 5.32 Å². The molecule has 0 aliphatic carbocycles. The molecule has 2 heterocycles. The third kappa shape index (κ3) is 3.00. The van der Waals surface area contributed by atoms with Crippen LogP contribution in [0, 0.1) is 20.8 Å². The van der Waals surface area contributed by atoms with E-state index >= 15 is 0 Å². The SMILES string of the molecule is Cc1cc(C)cc(-n2nc(C)cc2NC(=O)c2cccc3c2oc(=O)n3C)c1. The zero-order valence-corrected chi connectivity index (χ0v) is 16.1. The Morgan fingerprint density at radius 3 is 2.50 bits per heavy atom. The Kier molecular flexibility index (Phi) is 4.15. The van der Waals surface area contributed by atoms with Crippen molar-refractivity contribution in [3.8, 4) is 5.69 Å². The molecule has 0 spiro atoms. The molecule has 4 aromatic rings. The van der Waals surface area contributed by atoms with Gasteiger partial charge in [-0.15, -0.1) is 0 Å². The summed E-state index contributed by atoms with van der Waals surface area (Å²) >= 11 is 0. The molecule has 28 heavy (non-hydrogen) atoms. The van der Waals surface area contributed by atoms with Crippen molar-refractivity contribution >= 4 is 22.8 Å². The number of rotatable bonds is 3. The molecule has 4 rings (SSSR count). The molecule has 0 atom stereocenters. The van der Waals surface area contributed by atoms with E-state index in [1.54, 1.807) is 36.0 Å². The predicted octanol–water partition coefficient (Wildman–Crippen LogP) is 3.49. The summed E-state index contributed by atoms with van der Waals surface area (Å²) < 4.78 is 8.34. The number of para-hydroxylation sites is 1.